The van der Waals surface area contributed by atoms with Crippen LogP contribution in [0.15, 0.2) is 35.1 Å². The summed E-state index contributed by atoms with van der Waals surface area (Å²) in [6.45, 7) is 6.28. The van der Waals surface area contributed by atoms with Crippen LogP contribution in [0, 0.1) is 19.3 Å². The first-order valence-corrected chi connectivity index (χ1v) is 10.6. The predicted molar refractivity (Wildman–Crippen MR) is 117 cm³/mol. The second kappa shape index (κ2) is 9.37. The highest BCUT2D eigenvalue weighted by atomic mass is 16.5. The van der Waals surface area contributed by atoms with Gasteiger partial charge in [0.15, 0.2) is 0 Å². The van der Waals surface area contributed by atoms with Crippen LogP contribution in [0.4, 0.5) is 0 Å². The Morgan fingerprint density at radius 1 is 1.23 bits per heavy atom. The lowest BCUT2D eigenvalue weighted by molar-refractivity contribution is -0.158. The molecule has 1 atom stereocenters. The second-order valence-corrected chi connectivity index (χ2v) is 8.20. The average molecular weight is 427 g/mol. The van der Waals surface area contributed by atoms with Gasteiger partial charge in [-0.05, 0) is 69.4 Å². The van der Waals surface area contributed by atoms with Crippen molar-refractivity contribution in [1.82, 2.24) is 9.88 Å². The Morgan fingerprint density at radius 3 is 2.68 bits per heavy atom. The number of esters is 1. The average Bonchev–Trinajstić information content (AvgIpc) is 2.73. The highest BCUT2D eigenvalue weighted by molar-refractivity contribution is 5.95. The molecule has 0 bridgehead atoms. The standard InChI is InChI=1S/C24H30N2O5/c1-5-31-23(29)24(14-18-8-6-9-19(13-18)30-4)10-7-11-26(15-24)22(28)20-16(2)12-17(3)25-21(20)27/h6,8-9,12-13H,5,7,10-11,14-15H2,1-4H3,(H,25,27)/t24-/m0/s1. The maximum Gasteiger partial charge on any atom is 0.314 e. The highest BCUT2D eigenvalue weighted by Gasteiger charge is 2.45. The summed E-state index contributed by atoms with van der Waals surface area (Å²) >= 11 is 0. The molecule has 3 rings (SSSR count). The van der Waals surface area contributed by atoms with Crippen molar-refractivity contribution in [3.63, 3.8) is 0 Å². The van der Waals surface area contributed by atoms with E-state index in [-0.39, 0.29) is 30.6 Å². The molecule has 2 aromatic rings. The lowest BCUT2D eigenvalue weighted by Crippen LogP contribution is -2.52. The maximum atomic E-state index is 13.3. The summed E-state index contributed by atoms with van der Waals surface area (Å²) in [5.74, 6) is 0.0460. The van der Waals surface area contributed by atoms with Crippen LogP contribution >= 0.6 is 0 Å². The number of nitrogens with zero attached hydrogens (tertiary/aromatic N) is 1. The van der Waals surface area contributed by atoms with Crippen molar-refractivity contribution in [2.24, 2.45) is 5.41 Å². The topological polar surface area (TPSA) is 88.7 Å². The summed E-state index contributed by atoms with van der Waals surface area (Å²) in [6.07, 6.45) is 1.68. The minimum Gasteiger partial charge on any atom is -0.497 e. The Morgan fingerprint density at radius 2 is 2.00 bits per heavy atom. The summed E-state index contributed by atoms with van der Waals surface area (Å²) in [6, 6.07) is 9.36. The predicted octanol–water partition coefficient (Wildman–Crippen LogP) is 3.03. The molecule has 1 aliphatic rings. The van der Waals surface area contributed by atoms with E-state index in [9.17, 15) is 14.4 Å². The molecule has 1 aliphatic heterocycles. The first-order chi connectivity index (χ1) is 14.8. The number of benzene rings is 1. The number of rotatable bonds is 6. The Balaban J connectivity index is 1.94. The Labute approximate surface area is 182 Å². The van der Waals surface area contributed by atoms with Crippen LogP contribution < -0.4 is 10.3 Å². The zero-order chi connectivity index (χ0) is 22.6. The first kappa shape index (κ1) is 22.6. The highest BCUT2D eigenvalue weighted by Crippen LogP contribution is 2.36. The summed E-state index contributed by atoms with van der Waals surface area (Å²) in [5.41, 5.74) is 1.13. The number of piperidine rings is 1. The SMILES string of the molecule is CCOC(=O)[C@]1(Cc2cccc(OC)c2)CCCN(C(=O)c2c(C)cc(C)[nH]c2=O)C1. The first-order valence-electron chi connectivity index (χ1n) is 10.6. The molecule has 0 radical (unpaired) electrons. The van der Waals surface area contributed by atoms with Gasteiger partial charge in [-0.25, -0.2) is 0 Å². The summed E-state index contributed by atoms with van der Waals surface area (Å²) < 4.78 is 10.8. The van der Waals surface area contributed by atoms with E-state index in [4.69, 9.17) is 9.47 Å². The molecule has 7 nitrogen and oxygen atoms in total. The van der Waals surface area contributed by atoms with Gasteiger partial charge in [-0.3, -0.25) is 14.4 Å². The van der Waals surface area contributed by atoms with E-state index in [1.807, 2.05) is 24.3 Å². The molecule has 1 aromatic carbocycles. The van der Waals surface area contributed by atoms with E-state index in [0.29, 0.717) is 42.8 Å². The van der Waals surface area contributed by atoms with Crippen molar-refractivity contribution in [3.05, 3.63) is 63.1 Å². The Hall–Kier alpha value is -3.09. The third-order valence-corrected chi connectivity index (χ3v) is 5.83. The van der Waals surface area contributed by atoms with Gasteiger partial charge in [-0.15, -0.1) is 0 Å². The van der Waals surface area contributed by atoms with Gasteiger partial charge < -0.3 is 19.4 Å². The maximum absolute atomic E-state index is 13.3. The van der Waals surface area contributed by atoms with Crippen molar-refractivity contribution in [3.8, 4) is 5.75 Å². The molecule has 1 amide bonds. The number of H-pyrrole nitrogens is 1. The summed E-state index contributed by atoms with van der Waals surface area (Å²) in [4.78, 5) is 43.2. The molecule has 31 heavy (non-hydrogen) atoms. The minimum atomic E-state index is -0.873. The molecule has 0 spiro atoms. The largest absolute Gasteiger partial charge is 0.497 e. The minimum absolute atomic E-state index is 0.131. The molecule has 7 heteroatoms. The van der Waals surface area contributed by atoms with Crippen LogP contribution in [0.1, 0.15) is 46.9 Å². The summed E-state index contributed by atoms with van der Waals surface area (Å²) in [5, 5.41) is 0. The summed E-state index contributed by atoms with van der Waals surface area (Å²) in [7, 11) is 1.60. The molecular weight excluding hydrogens is 396 g/mol. The molecule has 1 aromatic heterocycles. The van der Waals surface area contributed by atoms with Crippen LogP contribution in [0.5, 0.6) is 5.75 Å². The van der Waals surface area contributed by atoms with Crippen molar-refractivity contribution in [2.75, 3.05) is 26.8 Å². The van der Waals surface area contributed by atoms with Gasteiger partial charge in [0.05, 0.1) is 19.1 Å². The van der Waals surface area contributed by atoms with Crippen LogP contribution in [0.25, 0.3) is 0 Å². The van der Waals surface area contributed by atoms with Gasteiger partial charge in [-0.2, -0.15) is 0 Å². The number of carbonyl (C=O) groups excluding carboxylic acids is 2. The monoisotopic (exact) mass is 426 g/mol. The molecule has 0 aliphatic carbocycles. The van der Waals surface area contributed by atoms with Crippen LogP contribution in [0.3, 0.4) is 0 Å². The van der Waals surface area contributed by atoms with E-state index in [2.05, 4.69) is 4.98 Å². The second-order valence-electron chi connectivity index (χ2n) is 8.20. The number of methoxy groups -OCH3 is 1. The van der Waals surface area contributed by atoms with E-state index in [1.165, 1.54) is 0 Å². The lowest BCUT2D eigenvalue weighted by atomic mass is 9.75. The number of likely N-dealkylation sites (tertiary alicyclic amines) is 1. The molecule has 166 valence electrons. The Kier molecular flexibility index (Phi) is 6.83. The van der Waals surface area contributed by atoms with Crippen LogP contribution in [0.2, 0.25) is 0 Å². The lowest BCUT2D eigenvalue weighted by Gasteiger charge is -2.41. The Bertz CT molecular complexity index is 1030. The van der Waals surface area contributed by atoms with E-state index in [1.54, 1.807) is 38.8 Å². The van der Waals surface area contributed by atoms with E-state index in [0.717, 1.165) is 5.56 Å². The van der Waals surface area contributed by atoms with Gasteiger partial charge in [0.25, 0.3) is 11.5 Å². The molecule has 1 fully saturated rings. The zero-order valence-electron chi connectivity index (χ0n) is 18.6. The third kappa shape index (κ3) is 4.81. The van der Waals surface area contributed by atoms with Gasteiger partial charge in [0.1, 0.15) is 11.3 Å². The van der Waals surface area contributed by atoms with Gasteiger partial charge >= 0.3 is 5.97 Å². The quantitative estimate of drug-likeness (QED) is 0.718. The number of hydrogen-bond donors (Lipinski definition) is 1. The molecule has 0 saturated carbocycles. The van der Waals surface area contributed by atoms with E-state index >= 15 is 0 Å². The number of carbonyl (C=O) groups is 2. The smallest absolute Gasteiger partial charge is 0.314 e. The van der Waals surface area contributed by atoms with Gasteiger partial charge in [0, 0.05) is 18.8 Å². The van der Waals surface area contributed by atoms with Gasteiger partial charge in [0.2, 0.25) is 0 Å². The third-order valence-electron chi connectivity index (χ3n) is 5.83. The number of hydrogen-bond acceptors (Lipinski definition) is 5. The van der Waals surface area contributed by atoms with Crippen LogP contribution in [-0.4, -0.2) is 48.6 Å². The molecule has 2 heterocycles. The van der Waals surface area contributed by atoms with E-state index < -0.39 is 11.0 Å². The van der Waals surface area contributed by atoms with Crippen molar-refractivity contribution in [1.29, 1.82) is 0 Å². The molecule has 0 unspecified atom stereocenters. The van der Waals surface area contributed by atoms with Crippen molar-refractivity contribution < 1.29 is 19.1 Å². The molecular formula is C24H30N2O5. The number of ether oxygens (including phenoxy) is 2. The van der Waals surface area contributed by atoms with Crippen molar-refractivity contribution in [2.45, 2.75) is 40.0 Å². The number of nitrogens with one attached hydrogen (secondary N) is 1. The number of aryl methyl sites for hydroxylation is 2. The molecule has 1 N–H and O–H groups in total. The number of aromatic nitrogens is 1. The zero-order valence-corrected chi connectivity index (χ0v) is 18.6. The fraction of sp³-hybridized carbons (Fsp3) is 0.458. The fourth-order valence-electron chi connectivity index (χ4n) is 4.42. The van der Waals surface area contributed by atoms with Crippen molar-refractivity contribution >= 4 is 11.9 Å². The number of aromatic amines is 1. The normalized spacial score (nSPS) is 18.5. The fourth-order valence-corrected chi connectivity index (χ4v) is 4.42. The van der Waals surface area contributed by atoms with Gasteiger partial charge in [-0.1, -0.05) is 12.1 Å². The number of amides is 1. The van der Waals surface area contributed by atoms with Crippen LogP contribution in [-0.2, 0) is 16.0 Å². The number of pyridine rings is 1. The molecule has 1 saturated heterocycles.